The summed E-state index contributed by atoms with van der Waals surface area (Å²) in [5, 5.41) is 4.10. The number of carbonyl (C=O) groups excluding carboxylic acids is 1. The molecule has 4 rings (SSSR count). The van der Waals surface area contributed by atoms with E-state index in [2.05, 4.69) is 25.8 Å². The fraction of sp³-hybridized carbons (Fsp3) is 0.227. The van der Waals surface area contributed by atoms with Gasteiger partial charge in [0.25, 0.3) is 5.91 Å². The molecule has 1 N–H and O–H groups in total. The van der Waals surface area contributed by atoms with Crippen LogP contribution in [0.5, 0.6) is 0 Å². The van der Waals surface area contributed by atoms with E-state index in [1.165, 1.54) is 0 Å². The molecular weight excluding hydrogens is 372 g/mol. The average Bonchev–Trinajstić information content (AvgIpc) is 3.08. The van der Waals surface area contributed by atoms with Gasteiger partial charge < -0.3 is 9.72 Å². The lowest BCUT2D eigenvalue weighted by atomic mass is 10.1. The van der Waals surface area contributed by atoms with E-state index in [1.54, 1.807) is 0 Å². The summed E-state index contributed by atoms with van der Waals surface area (Å²) in [6.45, 7) is 4.57. The standard InChI is InChI=1S/C22H21ClN4O/c1-14-10-15(2)20-16(11-14)12-18(21(23)26-20)22(28)24-8-5-7-19-25-13-17-6-3-4-9-27(17)19/h3-4,6,9-13H,5,7-8H2,1-2H3,(H,24,28). The van der Waals surface area contributed by atoms with E-state index >= 15 is 0 Å². The highest BCUT2D eigenvalue weighted by atomic mass is 35.5. The zero-order valence-corrected chi connectivity index (χ0v) is 16.6. The number of halogens is 1. The second kappa shape index (κ2) is 7.60. The van der Waals surface area contributed by atoms with Crippen molar-refractivity contribution >= 4 is 33.9 Å². The minimum atomic E-state index is -0.202. The Hall–Kier alpha value is -2.92. The van der Waals surface area contributed by atoms with E-state index in [1.807, 2.05) is 56.6 Å². The summed E-state index contributed by atoms with van der Waals surface area (Å²) in [6, 6.07) is 11.9. The predicted octanol–water partition coefficient (Wildman–Crippen LogP) is 4.52. The molecule has 0 spiro atoms. The molecule has 142 valence electrons. The molecule has 4 aromatic rings. The van der Waals surface area contributed by atoms with Gasteiger partial charge in [0.2, 0.25) is 0 Å². The van der Waals surface area contributed by atoms with Crippen molar-refractivity contribution in [2.45, 2.75) is 26.7 Å². The van der Waals surface area contributed by atoms with E-state index in [0.717, 1.165) is 46.2 Å². The highest BCUT2D eigenvalue weighted by Crippen LogP contribution is 2.24. The monoisotopic (exact) mass is 392 g/mol. The minimum absolute atomic E-state index is 0.202. The number of nitrogens with zero attached hydrogens (tertiary/aromatic N) is 3. The van der Waals surface area contributed by atoms with Gasteiger partial charge in [-0.25, -0.2) is 9.97 Å². The minimum Gasteiger partial charge on any atom is -0.352 e. The van der Waals surface area contributed by atoms with E-state index in [9.17, 15) is 4.79 Å². The van der Waals surface area contributed by atoms with Crippen molar-refractivity contribution < 1.29 is 4.79 Å². The Morgan fingerprint density at radius 1 is 1.21 bits per heavy atom. The van der Waals surface area contributed by atoms with E-state index in [0.29, 0.717) is 12.1 Å². The third kappa shape index (κ3) is 3.58. The highest BCUT2D eigenvalue weighted by Gasteiger charge is 2.14. The number of nitrogens with one attached hydrogen (secondary N) is 1. The maximum Gasteiger partial charge on any atom is 0.254 e. The molecule has 1 amide bonds. The molecule has 0 aliphatic rings. The summed E-state index contributed by atoms with van der Waals surface area (Å²) >= 11 is 6.28. The predicted molar refractivity (Wildman–Crippen MR) is 112 cm³/mol. The van der Waals surface area contributed by atoms with Gasteiger partial charge in [0, 0.05) is 24.5 Å². The molecule has 0 fully saturated rings. The Labute approximate surface area is 168 Å². The van der Waals surface area contributed by atoms with Crippen molar-refractivity contribution in [2.75, 3.05) is 6.54 Å². The molecule has 0 atom stereocenters. The van der Waals surface area contributed by atoms with Gasteiger partial charge in [0.05, 0.1) is 22.8 Å². The van der Waals surface area contributed by atoms with Crippen molar-refractivity contribution in [3.8, 4) is 0 Å². The summed E-state index contributed by atoms with van der Waals surface area (Å²) in [7, 11) is 0. The van der Waals surface area contributed by atoms with Crippen LogP contribution in [-0.2, 0) is 6.42 Å². The Morgan fingerprint density at radius 2 is 2.07 bits per heavy atom. The molecule has 0 saturated heterocycles. The fourth-order valence-corrected chi connectivity index (χ4v) is 3.74. The molecule has 6 heteroatoms. The molecule has 3 aromatic heterocycles. The highest BCUT2D eigenvalue weighted by molar-refractivity contribution is 6.33. The van der Waals surface area contributed by atoms with Gasteiger partial charge in [-0.2, -0.15) is 0 Å². The van der Waals surface area contributed by atoms with E-state index < -0.39 is 0 Å². The summed E-state index contributed by atoms with van der Waals surface area (Å²) in [6.07, 6.45) is 5.43. The largest absolute Gasteiger partial charge is 0.352 e. The van der Waals surface area contributed by atoms with Crippen molar-refractivity contribution in [3.05, 3.63) is 76.5 Å². The van der Waals surface area contributed by atoms with Gasteiger partial charge >= 0.3 is 0 Å². The topological polar surface area (TPSA) is 59.3 Å². The van der Waals surface area contributed by atoms with Crippen LogP contribution in [0.4, 0.5) is 0 Å². The van der Waals surface area contributed by atoms with Gasteiger partial charge in [-0.05, 0) is 50.1 Å². The average molecular weight is 393 g/mol. The first-order chi connectivity index (χ1) is 13.5. The number of fused-ring (bicyclic) bond motifs is 2. The number of imidazole rings is 1. The second-order valence-electron chi connectivity index (χ2n) is 7.01. The van der Waals surface area contributed by atoms with Crippen LogP contribution in [-0.4, -0.2) is 26.8 Å². The first kappa shape index (κ1) is 18.4. The van der Waals surface area contributed by atoms with Gasteiger partial charge in [0.1, 0.15) is 11.0 Å². The van der Waals surface area contributed by atoms with Crippen LogP contribution >= 0.6 is 11.6 Å². The van der Waals surface area contributed by atoms with Crippen LogP contribution in [0.15, 0.2) is 48.8 Å². The molecule has 1 aromatic carbocycles. The van der Waals surface area contributed by atoms with Crippen molar-refractivity contribution in [2.24, 2.45) is 0 Å². The molecular formula is C22H21ClN4O. The molecule has 0 saturated carbocycles. The molecule has 0 aliphatic carbocycles. The normalized spacial score (nSPS) is 11.2. The summed E-state index contributed by atoms with van der Waals surface area (Å²) in [4.78, 5) is 21.5. The fourth-order valence-electron chi connectivity index (χ4n) is 3.52. The first-order valence-corrected chi connectivity index (χ1v) is 9.67. The lowest BCUT2D eigenvalue weighted by molar-refractivity contribution is 0.0953. The van der Waals surface area contributed by atoms with Gasteiger partial charge in [-0.15, -0.1) is 0 Å². The van der Waals surface area contributed by atoms with Gasteiger partial charge in [-0.3, -0.25) is 4.79 Å². The number of hydrogen-bond acceptors (Lipinski definition) is 3. The Bertz CT molecular complexity index is 1180. The lowest BCUT2D eigenvalue weighted by Gasteiger charge is -2.10. The Balaban J connectivity index is 1.43. The van der Waals surface area contributed by atoms with Gasteiger partial charge in [-0.1, -0.05) is 29.3 Å². The summed E-state index contributed by atoms with van der Waals surface area (Å²) in [5.74, 6) is 0.785. The third-order valence-corrected chi connectivity index (χ3v) is 5.12. The second-order valence-corrected chi connectivity index (χ2v) is 7.37. The number of carbonyl (C=O) groups is 1. The quantitative estimate of drug-likeness (QED) is 0.401. The lowest BCUT2D eigenvalue weighted by Crippen LogP contribution is -2.25. The number of amides is 1. The van der Waals surface area contributed by atoms with Gasteiger partial charge in [0.15, 0.2) is 0 Å². The molecule has 0 aliphatic heterocycles. The van der Waals surface area contributed by atoms with Crippen LogP contribution in [0.2, 0.25) is 5.15 Å². The van der Waals surface area contributed by atoms with E-state index in [-0.39, 0.29) is 11.1 Å². The molecule has 0 radical (unpaired) electrons. The number of benzene rings is 1. The van der Waals surface area contributed by atoms with Crippen LogP contribution in [0.25, 0.3) is 16.4 Å². The van der Waals surface area contributed by atoms with Crippen LogP contribution < -0.4 is 5.32 Å². The van der Waals surface area contributed by atoms with Crippen LogP contribution in [0.1, 0.15) is 33.7 Å². The number of hydrogen-bond donors (Lipinski definition) is 1. The van der Waals surface area contributed by atoms with Crippen LogP contribution in [0, 0.1) is 13.8 Å². The Morgan fingerprint density at radius 3 is 2.93 bits per heavy atom. The Kier molecular flexibility index (Phi) is 5.01. The molecule has 28 heavy (non-hydrogen) atoms. The molecule has 5 nitrogen and oxygen atoms in total. The third-order valence-electron chi connectivity index (χ3n) is 4.83. The smallest absolute Gasteiger partial charge is 0.254 e. The van der Waals surface area contributed by atoms with Crippen molar-refractivity contribution in [1.29, 1.82) is 0 Å². The molecule has 0 bridgehead atoms. The number of pyridine rings is 2. The molecule has 0 unspecified atom stereocenters. The first-order valence-electron chi connectivity index (χ1n) is 9.29. The number of aryl methyl sites for hydroxylation is 3. The van der Waals surface area contributed by atoms with Crippen molar-refractivity contribution in [3.63, 3.8) is 0 Å². The summed E-state index contributed by atoms with van der Waals surface area (Å²) < 4.78 is 2.07. The van der Waals surface area contributed by atoms with Crippen LogP contribution in [0.3, 0.4) is 0 Å². The number of aromatic nitrogens is 3. The molecule has 3 heterocycles. The van der Waals surface area contributed by atoms with Crippen molar-refractivity contribution in [1.82, 2.24) is 19.7 Å². The maximum absolute atomic E-state index is 12.6. The van der Waals surface area contributed by atoms with E-state index in [4.69, 9.17) is 11.6 Å². The summed E-state index contributed by atoms with van der Waals surface area (Å²) in [5.41, 5.74) is 4.49. The number of rotatable bonds is 5. The SMILES string of the molecule is Cc1cc(C)c2nc(Cl)c(C(=O)NCCCc3ncc4ccccn34)cc2c1. The maximum atomic E-state index is 12.6. The zero-order chi connectivity index (χ0) is 19.7. The zero-order valence-electron chi connectivity index (χ0n) is 15.9.